The number of aromatic nitrogens is 6. The molecule has 0 aliphatic rings. The molecule has 9 heteroatoms. The Bertz CT molecular complexity index is 1740. The van der Waals surface area contributed by atoms with Crippen LogP contribution in [0.1, 0.15) is 30.4 Å². The average Bonchev–Trinajstić information content (AvgIpc) is 3.60. The lowest BCUT2D eigenvalue weighted by Gasteiger charge is -2.10. The molecule has 6 aromatic heterocycles. The van der Waals surface area contributed by atoms with E-state index >= 15 is 0 Å². The van der Waals surface area contributed by atoms with Crippen LogP contribution in [0.5, 0.6) is 0 Å². The molecule has 0 aromatic carbocycles. The number of ketones is 1. The van der Waals surface area contributed by atoms with E-state index in [4.69, 9.17) is 0 Å². The predicted molar refractivity (Wildman–Crippen MR) is 144 cm³/mol. The zero-order chi connectivity index (χ0) is 24.8. The van der Waals surface area contributed by atoms with Gasteiger partial charge >= 0.3 is 0 Å². The molecule has 0 unspecified atom stereocenters. The smallest absolute Gasteiger partial charge is 0.181 e. The Morgan fingerprint density at radius 1 is 0.972 bits per heavy atom. The molecular formula is C27H23N7OS. The molecule has 0 aliphatic heterocycles. The van der Waals surface area contributed by atoms with Gasteiger partial charge in [-0.2, -0.15) is 5.10 Å². The van der Waals surface area contributed by atoms with Gasteiger partial charge in [0.25, 0.3) is 0 Å². The summed E-state index contributed by atoms with van der Waals surface area (Å²) in [7, 11) is 0. The summed E-state index contributed by atoms with van der Waals surface area (Å²) in [6.45, 7) is 5.78. The average molecular weight is 494 g/mol. The van der Waals surface area contributed by atoms with E-state index in [-0.39, 0.29) is 5.78 Å². The molecule has 36 heavy (non-hydrogen) atoms. The third-order valence-corrected chi connectivity index (χ3v) is 7.19. The molecular weight excluding hydrogens is 470 g/mol. The van der Waals surface area contributed by atoms with Crippen molar-refractivity contribution in [2.24, 2.45) is 0 Å². The minimum atomic E-state index is 0.0640. The zero-order valence-corrected chi connectivity index (χ0v) is 20.8. The maximum Gasteiger partial charge on any atom is 0.181 e. The minimum Gasteiger partial charge on any atom is -0.382 e. The first kappa shape index (κ1) is 22.1. The van der Waals surface area contributed by atoms with Crippen molar-refractivity contribution in [3.63, 3.8) is 0 Å². The first-order chi connectivity index (χ1) is 17.5. The van der Waals surface area contributed by atoms with E-state index in [1.165, 1.54) is 11.3 Å². The lowest BCUT2D eigenvalue weighted by atomic mass is 10.1. The molecule has 0 atom stereocenters. The number of H-pyrrole nitrogens is 2. The van der Waals surface area contributed by atoms with Gasteiger partial charge in [0, 0.05) is 63.2 Å². The van der Waals surface area contributed by atoms with Crippen molar-refractivity contribution in [3.05, 3.63) is 66.2 Å². The van der Waals surface area contributed by atoms with E-state index < -0.39 is 0 Å². The first-order valence-electron chi connectivity index (χ1n) is 11.6. The number of Topliss-reactive ketones (excluding diaryl/α,β-unsaturated/α-hetero) is 1. The van der Waals surface area contributed by atoms with Crippen LogP contribution in [0.4, 0.5) is 5.69 Å². The Balaban J connectivity index is 1.43. The second-order valence-corrected chi connectivity index (χ2v) is 10.1. The summed E-state index contributed by atoms with van der Waals surface area (Å²) in [5.41, 5.74) is 7.16. The number of hydrogen-bond acceptors (Lipinski definition) is 7. The van der Waals surface area contributed by atoms with E-state index in [2.05, 4.69) is 67.5 Å². The molecule has 0 spiro atoms. The maximum atomic E-state index is 11.8. The third kappa shape index (κ3) is 3.93. The molecule has 0 aliphatic carbocycles. The number of thiophene rings is 1. The summed E-state index contributed by atoms with van der Waals surface area (Å²) in [5.74, 6) is 0.0640. The van der Waals surface area contributed by atoms with Crippen molar-refractivity contribution in [1.29, 1.82) is 0 Å². The van der Waals surface area contributed by atoms with Gasteiger partial charge in [0.05, 0.1) is 33.7 Å². The van der Waals surface area contributed by atoms with Gasteiger partial charge < -0.3 is 10.3 Å². The number of nitrogens with one attached hydrogen (secondary N) is 3. The zero-order valence-electron chi connectivity index (χ0n) is 20.0. The van der Waals surface area contributed by atoms with Gasteiger partial charge in [0.15, 0.2) is 11.4 Å². The van der Waals surface area contributed by atoms with E-state index in [9.17, 15) is 4.79 Å². The van der Waals surface area contributed by atoms with Crippen LogP contribution < -0.4 is 5.32 Å². The van der Waals surface area contributed by atoms with Gasteiger partial charge in [-0.1, -0.05) is 0 Å². The van der Waals surface area contributed by atoms with Crippen molar-refractivity contribution in [1.82, 2.24) is 30.1 Å². The number of anilines is 1. The summed E-state index contributed by atoms with van der Waals surface area (Å²) in [6, 6.07) is 10.4. The van der Waals surface area contributed by atoms with Crippen molar-refractivity contribution in [2.45, 2.75) is 26.8 Å². The summed E-state index contributed by atoms with van der Waals surface area (Å²) >= 11 is 1.48. The van der Waals surface area contributed by atoms with Gasteiger partial charge in [0.2, 0.25) is 0 Å². The van der Waals surface area contributed by atoms with Crippen LogP contribution in [0.15, 0.2) is 61.3 Å². The molecule has 0 radical (unpaired) electrons. The summed E-state index contributed by atoms with van der Waals surface area (Å²) in [6.07, 6.45) is 9.13. The van der Waals surface area contributed by atoms with Gasteiger partial charge in [-0.25, -0.2) is 4.98 Å². The standard InChI is InChI=1S/C27H23N7OS/c1-14(2)31-18-6-16(9-28-11-18)17-7-20-26(33-34-27(20)30-10-17)22-8-19-21(12-29-13-23(19)32-22)25-5-4-24(36-25)15(3)35/h4-14,31-32H,1-3H3,(H,30,33,34). The van der Waals surface area contributed by atoms with Gasteiger partial charge in [-0.15, -0.1) is 11.3 Å². The second-order valence-electron chi connectivity index (χ2n) is 9.01. The molecule has 6 aromatic rings. The molecule has 6 heterocycles. The topological polar surface area (TPSA) is 112 Å². The number of aromatic amines is 2. The van der Waals surface area contributed by atoms with Gasteiger partial charge in [-0.05, 0) is 51.1 Å². The van der Waals surface area contributed by atoms with Crippen LogP contribution >= 0.6 is 11.3 Å². The lowest BCUT2D eigenvalue weighted by Crippen LogP contribution is -2.09. The quantitative estimate of drug-likeness (QED) is 0.234. The van der Waals surface area contributed by atoms with E-state index in [1.807, 2.05) is 43.1 Å². The van der Waals surface area contributed by atoms with Crippen LogP contribution in [-0.4, -0.2) is 42.0 Å². The fraction of sp³-hybridized carbons (Fsp3) is 0.148. The Morgan fingerprint density at radius 2 is 1.81 bits per heavy atom. The van der Waals surface area contributed by atoms with Crippen LogP contribution in [-0.2, 0) is 0 Å². The van der Waals surface area contributed by atoms with Crippen molar-refractivity contribution in [3.8, 4) is 33.0 Å². The van der Waals surface area contributed by atoms with Crippen molar-refractivity contribution in [2.75, 3.05) is 5.32 Å². The number of fused-ring (bicyclic) bond motifs is 2. The summed E-state index contributed by atoms with van der Waals surface area (Å²) in [4.78, 5) is 30.4. The number of nitrogens with zero attached hydrogens (tertiary/aromatic N) is 4. The number of carbonyl (C=O) groups excluding carboxylic acids is 1. The molecule has 8 nitrogen and oxygen atoms in total. The van der Waals surface area contributed by atoms with Crippen LogP contribution in [0.3, 0.4) is 0 Å². The number of pyridine rings is 3. The Labute approximate surface area is 210 Å². The SMILES string of the molecule is CC(=O)c1ccc(-c2cncc3[nH]c(-c4[nH]nc5ncc(-c6cncc(NC(C)C)c6)cc45)cc23)s1. The van der Waals surface area contributed by atoms with Gasteiger partial charge in [-0.3, -0.25) is 19.9 Å². The molecule has 0 fully saturated rings. The maximum absolute atomic E-state index is 11.8. The van der Waals surface area contributed by atoms with E-state index in [0.29, 0.717) is 11.7 Å². The molecule has 0 amide bonds. The van der Waals surface area contributed by atoms with Crippen LogP contribution in [0, 0.1) is 0 Å². The second kappa shape index (κ2) is 8.69. The Morgan fingerprint density at radius 3 is 2.61 bits per heavy atom. The lowest BCUT2D eigenvalue weighted by molar-refractivity contribution is 0.102. The molecule has 0 saturated heterocycles. The highest BCUT2D eigenvalue weighted by Gasteiger charge is 2.16. The summed E-state index contributed by atoms with van der Waals surface area (Å²) < 4.78 is 0. The van der Waals surface area contributed by atoms with Crippen LogP contribution in [0.2, 0.25) is 0 Å². The molecule has 178 valence electrons. The van der Waals surface area contributed by atoms with E-state index in [0.717, 1.165) is 59.8 Å². The van der Waals surface area contributed by atoms with Crippen molar-refractivity contribution < 1.29 is 4.79 Å². The van der Waals surface area contributed by atoms with Gasteiger partial charge in [0.1, 0.15) is 0 Å². The third-order valence-electron chi connectivity index (χ3n) is 5.97. The highest BCUT2D eigenvalue weighted by Crippen LogP contribution is 2.36. The largest absolute Gasteiger partial charge is 0.382 e. The number of hydrogen-bond donors (Lipinski definition) is 3. The van der Waals surface area contributed by atoms with Crippen LogP contribution in [0.25, 0.3) is 54.9 Å². The number of carbonyl (C=O) groups is 1. The number of rotatable bonds is 6. The fourth-order valence-electron chi connectivity index (χ4n) is 4.33. The molecule has 0 bridgehead atoms. The Hall–Kier alpha value is -4.37. The fourth-order valence-corrected chi connectivity index (χ4v) is 5.25. The molecule has 6 rings (SSSR count). The monoisotopic (exact) mass is 493 g/mol. The van der Waals surface area contributed by atoms with E-state index in [1.54, 1.807) is 6.92 Å². The predicted octanol–water partition coefficient (Wildman–Crippen LogP) is 6.31. The summed E-state index contributed by atoms with van der Waals surface area (Å²) in [5, 5.41) is 12.9. The molecule has 3 N–H and O–H groups in total. The Kier molecular flexibility index (Phi) is 5.34. The minimum absolute atomic E-state index is 0.0640. The highest BCUT2D eigenvalue weighted by atomic mass is 32.1. The normalized spacial score (nSPS) is 11.6. The highest BCUT2D eigenvalue weighted by molar-refractivity contribution is 7.17. The van der Waals surface area contributed by atoms with Crippen molar-refractivity contribution >= 4 is 44.7 Å². The first-order valence-corrected chi connectivity index (χ1v) is 12.4. The molecule has 0 saturated carbocycles.